The molecule has 1 aromatic carbocycles. The fourth-order valence-corrected chi connectivity index (χ4v) is 1.93. The van der Waals surface area contributed by atoms with E-state index in [0.29, 0.717) is 23.5 Å². The second-order valence-electron chi connectivity index (χ2n) is 5.16. The molecule has 1 rings (SSSR count). The quantitative estimate of drug-likeness (QED) is 0.245. The molecule has 0 fully saturated rings. The van der Waals surface area contributed by atoms with Gasteiger partial charge in [0.05, 0.1) is 7.11 Å². The fourth-order valence-electron chi connectivity index (χ4n) is 1.93. The van der Waals surface area contributed by atoms with Gasteiger partial charge in [-0.3, -0.25) is 9.59 Å². The molecule has 0 spiro atoms. The zero-order valence-corrected chi connectivity index (χ0v) is 14.5. The summed E-state index contributed by atoms with van der Waals surface area (Å²) >= 11 is 0. The van der Waals surface area contributed by atoms with E-state index in [0.717, 1.165) is 12.8 Å². The number of benzene rings is 1. The van der Waals surface area contributed by atoms with E-state index < -0.39 is 5.91 Å². The van der Waals surface area contributed by atoms with Crippen LogP contribution in [0, 0.1) is 11.3 Å². The van der Waals surface area contributed by atoms with Crippen molar-refractivity contribution in [3.05, 3.63) is 42.0 Å². The van der Waals surface area contributed by atoms with Crippen LogP contribution < -0.4 is 14.8 Å². The maximum Gasteiger partial charge on any atom is 0.311 e. The molecule has 0 bridgehead atoms. The van der Waals surface area contributed by atoms with Crippen LogP contribution in [-0.2, 0) is 9.59 Å². The molecule has 1 amide bonds. The normalized spacial score (nSPS) is 10.5. The van der Waals surface area contributed by atoms with Crippen LogP contribution in [0.1, 0.15) is 31.7 Å². The van der Waals surface area contributed by atoms with Gasteiger partial charge in [0.1, 0.15) is 11.6 Å². The SMILES string of the molecule is C=CCNC(=O)C(C#N)=Cc1ccc(OC(=O)CCCC)c(OC)c1. The Bertz CT molecular complexity index is 702. The summed E-state index contributed by atoms with van der Waals surface area (Å²) in [6.45, 7) is 5.77. The Morgan fingerprint density at radius 1 is 1.36 bits per heavy atom. The zero-order chi connectivity index (χ0) is 18.7. The minimum atomic E-state index is -0.489. The number of methoxy groups -OCH3 is 1. The Balaban J connectivity index is 2.97. The highest BCUT2D eigenvalue weighted by atomic mass is 16.6. The lowest BCUT2D eigenvalue weighted by Crippen LogP contribution is -2.24. The van der Waals surface area contributed by atoms with Gasteiger partial charge in [0.2, 0.25) is 0 Å². The maximum absolute atomic E-state index is 11.9. The molecule has 6 heteroatoms. The Hall–Kier alpha value is -3.07. The average molecular weight is 342 g/mol. The van der Waals surface area contributed by atoms with E-state index in [4.69, 9.17) is 14.7 Å². The topological polar surface area (TPSA) is 88.4 Å². The van der Waals surface area contributed by atoms with Crippen molar-refractivity contribution in [1.29, 1.82) is 5.26 Å². The van der Waals surface area contributed by atoms with Gasteiger partial charge >= 0.3 is 5.97 Å². The Morgan fingerprint density at radius 2 is 2.12 bits per heavy atom. The largest absolute Gasteiger partial charge is 0.493 e. The second kappa shape index (κ2) is 10.7. The fraction of sp³-hybridized carbons (Fsp3) is 0.316. The Kier molecular flexibility index (Phi) is 8.52. The lowest BCUT2D eigenvalue weighted by atomic mass is 10.1. The Morgan fingerprint density at radius 3 is 2.72 bits per heavy atom. The number of hydrogen-bond donors (Lipinski definition) is 1. The van der Waals surface area contributed by atoms with Gasteiger partial charge in [-0.1, -0.05) is 25.5 Å². The first kappa shape index (κ1) is 20.0. The van der Waals surface area contributed by atoms with Gasteiger partial charge in [0, 0.05) is 13.0 Å². The molecule has 0 aliphatic rings. The first-order chi connectivity index (χ1) is 12.0. The average Bonchev–Trinajstić information content (AvgIpc) is 2.63. The summed E-state index contributed by atoms with van der Waals surface area (Å²) in [6.07, 6.45) is 4.96. The predicted octanol–water partition coefficient (Wildman–Crippen LogP) is 3.00. The predicted molar refractivity (Wildman–Crippen MR) is 95.0 cm³/mol. The molecule has 0 unspecified atom stereocenters. The van der Waals surface area contributed by atoms with Gasteiger partial charge in [0.15, 0.2) is 11.5 Å². The van der Waals surface area contributed by atoms with E-state index in [1.54, 1.807) is 18.2 Å². The van der Waals surface area contributed by atoms with Crippen LogP contribution in [0.4, 0.5) is 0 Å². The first-order valence-electron chi connectivity index (χ1n) is 7.95. The van der Waals surface area contributed by atoms with Gasteiger partial charge in [-0.05, 0) is 30.2 Å². The van der Waals surface area contributed by atoms with E-state index in [2.05, 4.69) is 11.9 Å². The number of carbonyl (C=O) groups excluding carboxylic acids is 2. The maximum atomic E-state index is 11.9. The summed E-state index contributed by atoms with van der Waals surface area (Å²) in [6, 6.07) is 6.67. The van der Waals surface area contributed by atoms with Crippen molar-refractivity contribution in [2.75, 3.05) is 13.7 Å². The minimum absolute atomic E-state index is 0.0448. The van der Waals surface area contributed by atoms with E-state index in [1.807, 2.05) is 13.0 Å². The molecular weight excluding hydrogens is 320 g/mol. The summed E-state index contributed by atoms with van der Waals surface area (Å²) in [5, 5.41) is 11.7. The lowest BCUT2D eigenvalue weighted by molar-refractivity contribution is -0.134. The number of unbranched alkanes of at least 4 members (excludes halogenated alkanes) is 1. The third-order valence-electron chi connectivity index (χ3n) is 3.23. The van der Waals surface area contributed by atoms with Gasteiger partial charge in [-0.15, -0.1) is 6.58 Å². The third-order valence-corrected chi connectivity index (χ3v) is 3.23. The Labute approximate surface area is 147 Å². The smallest absolute Gasteiger partial charge is 0.311 e. The molecule has 0 saturated carbocycles. The van der Waals surface area contributed by atoms with Crippen molar-refractivity contribution in [2.24, 2.45) is 0 Å². The molecular formula is C19H22N2O4. The van der Waals surface area contributed by atoms with Crippen LogP contribution >= 0.6 is 0 Å². The zero-order valence-electron chi connectivity index (χ0n) is 14.5. The molecule has 0 aliphatic heterocycles. The molecule has 0 radical (unpaired) electrons. The van der Waals surface area contributed by atoms with Crippen molar-refractivity contribution < 1.29 is 19.1 Å². The van der Waals surface area contributed by atoms with Crippen molar-refractivity contribution >= 4 is 18.0 Å². The lowest BCUT2D eigenvalue weighted by Gasteiger charge is -2.10. The molecule has 1 aromatic rings. The number of hydrogen-bond acceptors (Lipinski definition) is 5. The number of amides is 1. The molecule has 0 aliphatic carbocycles. The van der Waals surface area contributed by atoms with Crippen LogP contribution in [-0.4, -0.2) is 25.5 Å². The molecule has 0 aromatic heterocycles. The summed E-state index contributed by atoms with van der Waals surface area (Å²) in [5.74, 6) is -0.167. The van der Waals surface area contributed by atoms with Crippen LogP contribution in [0.3, 0.4) is 0 Å². The number of ether oxygens (including phenoxy) is 2. The van der Waals surface area contributed by atoms with Crippen LogP contribution in [0.25, 0.3) is 6.08 Å². The van der Waals surface area contributed by atoms with Crippen LogP contribution in [0.5, 0.6) is 11.5 Å². The van der Waals surface area contributed by atoms with Crippen molar-refractivity contribution in [2.45, 2.75) is 26.2 Å². The van der Waals surface area contributed by atoms with Crippen molar-refractivity contribution in [1.82, 2.24) is 5.32 Å². The minimum Gasteiger partial charge on any atom is -0.493 e. The summed E-state index contributed by atoms with van der Waals surface area (Å²) < 4.78 is 10.5. The molecule has 0 atom stereocenters. The highest BCUT2D eigenvalue weighted by Crippen LogP contribution is 2.29. The molecule has 0 heterocycles. The summed E-state index contributed by atoms with van der Waals surface area (Å²) in [5.41, 5.74) is 0.534. The van der Waals surface area contributed by atoms with Gasteiger partial charge in [0.25, 0.3) is 5.91 Å². The standard InChI is InChI=1S/C19H22N2O4/c1-4-6-7-18(22)25-16-9-8-14(12-17(16)24-3)11-15(13-20)19(23)21-10-5-2/h5,8-9,11-12H,2,4,6-7,10H2,1,3H3,(H,21,23). The highest BCUT2D eigenvalue weighted by Gasteiger charge is 2.12. The van der Waals surface area contributed by atoms with E-state index in [-0.39, 0.29) is 18.1 Å². The molecule has 132 valence electrons. The molecule has 0 saturated heterocycles. The number of esters is 1. The van der Waals surface area contributed by atoms with E-state index in [9.17, 15) is 9.59 Å². The second-order valence-corrected chi connectivity index (χ2v) is 5.16. The summed E-state index contributed by atoms with van der Waals surface area (Å²) in [4.78, 5) is 23.6. The van der Waals surface area contributed by atoms with Gasteiger partial charge < -0.3 is 14.8 Å². The molecule has 1 N–H and O–H groups in total. The van der Waals surface area contributed by atoms with E-state index in [1.165, 1.54) is 19.3 Å². The number of carbonyl (C=O) groups is 2. The number of nitriles is 1. The monoisotopic (exact) mass is 342 g/mol. The van der Waals surface area contributed by atoms with Crippen LogP contribution in [0.2, 0.25) is 0 Å². The van der Waals surface area contributed by atoms with E-state index >= 15 is 0 Å². The van der Waals surface area contributed by atoms with Crippen molar-refractivity contribution in [3.63, 3.8) is 0 Å². The first-order valence-corrected chi connectivity index (χ1v) is 7.95. The third kappa shape index (κ3) is 6.51. The van der Waals surface area contributed by atoms with Gasteiger partial charge in [-0.2, -0.15) is 5.26 Å². The van der Waals surface area contributed by atoms with Gasteiger partial charge in [-0.25, -0.2) is 0 Å². The number of rotatable bonds is 9. The van der Waals surface area contributed by atoms with Crippen molar-refractivity contribution in [3.8, 4) is 17.6 Å². The molecule has 6 nitrogen and oxygen atoms in total. The summed E-state index contributed by atoms with van der Waals surface area (Å²) in [7, 11) is 1.45. The number of nitrogens with one attached hydrogen (secondary N) is 1. The number of nitrogens with zero attached hydrogens (tertiary/aromatic N) is 1. The molecule has 25 heavy (non-hydrogen) atoms. The highest BCUT2D eigenvalue weighted by molar-refractivity contribution is 6.01. The van der Waals surface area contributed by atoms with Crippen LogP contribution in [0.15, 0.2) is 36.4 Å².